The summed E-state index contributed by atoms with van der Waals surface area (Å²) in [5.74, 6) is 1.17. The van der Waals surface area contributed by atoms with Gasteiger partial charge in [-0.2, -0.15) is 0 Å². The average molecular weight is 185 g/mol. The molecule has 1 fully saturated rings. The van der Waals surface area contributed by atoms with Crippen LogP contribution >= 0.6 is 0 Å². The van der Waals surface area contributed by atoms with Crippen LogP contribution in [0.4, 0.5) is 0 Å². The summed E-state index contributed by atoms with van der Waals surface area (Å²) in [4.78, 5) is 11.3. The van der Waals surface area contributed by atoms with E-state index in [2.05, 4.69) is 19.2 Å². The number of nitrogens with one attached hydrogen (secondary N) is 1. The molecule has 13 heavy (non-hydrogen) atoms. The van der Waals surface area contributed by atoms with Crippen molar-refractivity contribution in [2.75, 3.05) is 13.2 Å². The molecule has 0 amide bonds. The van der Waals surface area contributed by atoms with Gasteiger partial charge in [-0.15, -0.1) is 0 Å². The summed E-state index contributed by atoms with van der Waals surface area (Å²) in [5, 5.41) is 3.20. The minimum atomic E-state index is -0.0920. The molecule has 0 spiro atoms. The van der Waals surface area contributed by atoms with Crippen LogP contribution in [-0.2, 0) is 9.53 Å². The summed E-state index contributed by atoms with van der Waals surface area (Å²) < 4.78 is 4.95. The Balaban J connectivity index is 2.36. The van der Waals surface area contributed by atoms with Gasteiger partial charge in [-0.1, -0.05) is 13.8 Å². The SMILES string of the molecule is CCOC(=O)[C@H]1C[C@@H](C(C)C)CN1. The third-order valence-corrected chi connectivity index (χ3v) is 2.68. The minimum Gasteiger partial charge on any atom is -0.465 e. The zero-order valence-corrected chi connectivity index (χ0v) is 8.67. The Bertz CT molecular complexity index is 180. The standard InChI is InChI=1S/C10H19NO2/c1-4-13-10(12)9-5-8(6-11-9)7(2)3/h7-9,11H,4-6H2,1-3H3/t8-,9-/m1/s1. The van der Waals surface area contributed by atoms with Crippen LogP contribution in [0, 0.1) is 11.8 Å². The molecule has 0 aliphatic carbocycles. The van der Waals surface area contributed by atoms with E-state index in [9.17, 15) is 4.79 Å². The quantitative estimate of drug-likeness (QED) is 0.671. The van der Waals surface area contributed by atoms with E-state index in [1.54, 1.807) is 0 Å². The summed E-state index contributed by atoms with van der Waals surface area (Å²) in [5.41, 5.74) is 0. The third kappa shape index (κ3) is 2.69. The number of ether oxygens (including phenoxy) is 1. The highest BCUT2D eigenvalue weighted by Gasteiger charge is 2.31. The van der Waals surface area contributed by atoms with Gasteiger partial charge in [0.1, 0.15) is 6.04 Å². The van der Waals surface area contributed by atoms with Gasteiger partial charge in [-0.05, 0) is 31.7 Å². The van der Waals surface area contributed by atoms with Crippen molar-refractivity contribution in [2.24, 2.45) is 11.8 Å². The first-order valence-electron chi connectivity index (χ1n) is 5.05. The van der Waals surface area contributed by atoms with Gasteiger partial charge in [0.15, 0.2) is 0 Å². The number of hydrogen-bond donors (Lipinski definition) is 1. The first kappa shape index (κ1) is 10.5. The van der Waals surface area contributed by atoms with E-state index in [1.165, 1.54) is 0 Å². The lowest BCUT2D eigenvalue weighted by Crippen LogP contribution is -2.32. The van der Waals surface area contributed by atoms with E-state index in [-0.39, 0.29) is 12.0 Å². The normalized spacial score (nSPS) is 28.0. The predicted molar refractivity (Wildman–Crippen MR) is 51.4 cm³/mol. The maximum atomic E-state index is 11.3. The second kappa shape index (κ2) is 4.61. The molecule has 1 rings (SSSR count). The van der Waals surface area contributed by atoms with Crippen molar-refractivity contribution in [1.29, 1.82) is 0 Å². The third-order valence-electron chi connectivity index (χ3n) is 2.68. The number of carbonyl (C=O) groups is 1. The zero-order valence-electron chi connectivity index (χ0n) is 8.67. The van der Waals surface area contributed by atoms with Crippen molar-refractivity contribution in [3.05, 3.63) is 0 Å². The number of hydrogen-bond acceptors (Lipinski definition) is 3. The molecule has 3 nitrogen and oxygen atoms in total. The number of esters is 1. The first-order chi connectivity index (χ1) is 6.15. The molecule has 1 heterocycles. The molecule has 0 aromatic heterocycles. The van der Waals surface area contributed by atoms with Gasteiger partial charge >= 0.3 is 5.97 Å². The lowest BCUT2D eigenvalue weighted by molar-refractivity contribution is -0.145. The molecule has 2 atom stereocenters. The van der Waals surface area contributed by atoms with Gasteiger partial charge in [0, 0.05) is 0 Å². The summed E-state index contributed by atoms with van der Waals surface area (Å²) in [7, 11) is 0. The summed E-state index contributed by atoms with van der Waals surface area (Å²) >= 11 is 0. The van der Waals surface area contributed by atoms with E-state index >= 15 is 0 Å². The highest BCUT2D eigenvalue weighted by Crippen LogP contribution is 2.22. The summed E-state index contributed by atoms with van der Waals surface area (Å²) in [6.07, 6.45) is 0.927. The van der Waals surface area contributed by atoms with Gasteiger partial charge in [-0.25, -0.2) is 0 Å². The predicted octanol–water partition coefficient (Wildman–Crippen LogP) is 1.18. The Morgan fingerprint density at radius 3 is 2.77 bits per heavy atom. The monoisotopic (exact) mass is 185 g/mol. The van der Waals surface area contributed by atoms with Crippen molar-refractivity contribution >= 4 is 5.97 Å². The van der Waals surface area contributed by atoms with Crippen LogP contribution in [0.25, 0.3) is 0 Å². The maximum absolute atomic E-state index is 11.3. The highest BCUT2D eigenvalue weighted by molar-refractivity contribution is 5.76. The Kier molecular flexibility index (Phi) is 3.72. The van der Waals surface area contributed by atoms with Crippen LogP contribution in [-0.4, -0.2) is 25.2 Å². The van der Waals surface area contributed by atoms with Crippen molar-refractivity contribution in [3.8, 4) is 0 Å². The van der Waals surface area contributed by atoms with Gasteiger partial charge < -0.3 is 10.1 Å². The molecule has 76 valence electrons. The van der Waals surface area contributed by atoms with Crippen LogP contribution in [0.2, 0.25) is 0 Å². The van der Waals surface area contributed by atoms with Crippen molar-refractivity contribution in [3.63, 3.8) is 0 Å². The number of rotatable bonds is 3. The minimum absolute atomic E-state index is 0.0626. The smallest absolute Gasteiger partial charge is 0.323 e. The Labute approximate surface area is 79.8 Å². The topological polar surface area (TPSA) is 38.3 Å². The second-order valence-corrected chi connectivity index (χ2v) is 3.95. The van der Waals surface area contributed by atoms with Crippen molar-refractivity contribution < 1.29 is 9.53 Å². The molecular formula is C10H19NO2. The summed E-state index contributed by atoms with van der Waals surface area (Å²) in [6, 6.07) is -0.0626. The molecule has 0 aromatic carbocycles. The van der Waals surface area contributed by atoms with Gasteiger partial charge in [-0.3, -0.25) is 4.79 Å². The van der Waals surface area contributed by atoms with Gasteiger partial charge in [0.05, 0.1) is 6.61 Å². The van der Waals surface area contributed by atoms with Gasteiger partial charge in [0.2, 0.25) is 0 Å². The Hall–Kier alpha value is -0.570. The molecule has 0 radical (unpaired) electrons. The number of carbonyl (C=O) groups excluding carboxylic acids is 1. The fourth-order valence-corrected chi connectivity index (χ4v) is 1.69. The van der Waals surface area contributed by atoms with E-state index < -0.39 is 0 Å². The highest BCUT2D eigenvalue weighted by atomic mass is 16.5. The van der Waals surface area contributed by atoms with Gasteiger partial charge in [0.25, 0.3) is 0 Å². The molecular weight excluding hydrogens is 166 g/mol. The zero-order chi connectivity index (χ0) is 9.84. The van der Waals surface area contributed by atoms with Crippen molar-refractivity contribution in [2.45, 2.75) is 33.2 Å². The molecule has 1 N–H and O–H groups in total. The lowest BCUT2D eigenvalue weighted by Gasteiger charge is -2.12. The average Bonchev–Trinajstić information content (AvgIpc) is 2.52. The lowest BCUT2D eigenvalue weighted by atomic mass is 9.93. The fourth-order valence-electron chi connectivity index (χ4n) is 1.69. The fraction of sp³-hybridized carbons (Fsp3) is 0.900. The molecule has 1 aliphatic rings. The van der Waals surface area contributed by atoms with Crippen LogP contribution < -0.4 is 5.32 Å². The Morgan fingerprint density at radius 2 is 2.31 bits per heavy atom. The van der Waals surface area contributed by atoms with E-state index in [1.807, 2.05) is 6.92 Å². The van der Waals surface area contributed by atoms with E-state index in [0.717, 1.165) is 13.0 Å². The molecule has 0 aromatic rings. The van der Waals surface area contributed by atoms with E-state index in [0.29, 0.717) is 18.4 Å². The largest absolute Gasteiger partial charge is 0.465 e. The first-order valence-corrected chi connectivity index (χ1v) is 5.05. The second-order valence-electron chi connectivity index (χ2n) is 3.95. The van der Waals surface area contributed by atoms with Crippen molar-refractivity contribution in [1.82, 2.24) is 5.32 Å². The molecule has 0 unspecified atom stereocenters. The van der Waals surface area contributed by atoms with Crippen LogP contribution in [0.5, 0.6) is 0 Å². The molecule has 1 saturated heterocycles. The molecule has 1 aliphatic heterocycles. The molecule has 0 bridgehead atoms. The van der Waals surface area contributed by atoms with E-state index in [4.69, 9.17) is 4.74 Å². The Morgan fingerprint density at radius 1 is 1.62 bits per heavy atom. The van der Waals surface area contributed by atoms with Crippen LogP contribution in [0.3, 0.4) is 0 Å². The van der Waals surface area contributed by atoms with Crippen LogP contribution in [0.15, 0.2) is 0 Å². The molecule has 3 heteroatoms. The molecule has 0 saturated carbocycles. The summed E-state index contributed by atoms with van der Waals surface area (Å²) in [6.45, 7) is 7.65. The maximum Gasteiger partial charge on any atom is 0.323 e. The van der Waals surface area contributed by atoms with Crippen LogP contribution in [0.1, 0.15) is 27.2 Å².